The van der Waals surface area contributed by atoms with Crippen LogP contribution in [0.1, 0.15) is 29.6 Å². The fraction of sp³-hybridized carbons (Fsp3) is 0.429. The van der Waals surface area contributed by atoms with Crippen LogP contribution in [0.15, 0.2) is 18.2 Å². The molecule has 1 aliphatic carbocycles. The van der Waals surface area contributed by atoms with E-state index >= 15 is 0 Å². The zero-order valence-electron chi connectivity index (χ0n) is 11.0. The minimum Gasteiger partial charge on any atom is -0.493 e. The number of carbonyl (C=O) groups excluding carboxylic acids is 2. The first kappa shape index (κ1) is 13.4. The Morgan fingerprint density at radius 3 is 2.63 bits per heavy atom. The van der Waals surface area contributed by atoms with Crippen LogP contribution in [0.4, 0.5) is 0 Å². The molecule has 1 aliphatic rings. The smallest absolute Gasteiger partial charge is 0.337 e. The summed E-state index contributed by atoms with van der Waals surface area (Å²) < 4.78 is 15.5. The molecule has 1 aromatic rings. The minimum absolute atomic E-state index is 0.0884. The van der Waals surface area contributed by atoms with E-state index in [-0.39, 0.29) is 5.78 Å². The molecule has 0 aliphatic heterocycles. The quantitative estimate of drug-likeness (QED) is 0.778. The summed E-state index contributed by atoms with van der Waals surface area (Å²) in [6.45, 7) is 0. The summed E-state index contributed by atoms with van der Waals surface area (Å²) in [6.07, 6.45) is 1.64. The lowest BCUT2D eigenvalue weighted by Gasteiger charge is -2.15. The minimum atomic E-state index is -0.453. The standard InChI is InChI=1S/C14H16O5/c1-17-12-7-6-9(14(16)18-2)8-13(12)19-11-5-3-4-10(11)15/h6-8,11H,3-5H2,1-2H3. The Morgan fingerprint density at radius 1 is 1.26 bits per heavy atom. The summed E-state index contributed by atoms with van der Waals surface area (Å²) in [7, 11) is 2.82. The number of rotatable bonds is 4. The van der Waals surface area contributed by atoms with E-state index in [4.69, 9.17) is 9.47 Å². The Labute approximate surface area is 111 Å². The number of Topliss-reactive ketones (excluding diaryl/α,β-unsaturated/α-hetero) is 1. The SMILES string of the molecule is COC(=O)c1ccc(OC)c(OC2CCCC2=O)c1. The van der Waals surface area contributed by atoms with Crippen molar-refractivity contribution in [2.45, 2.75) is 25.4 Å². The van der Waals surface area contributed by atoms with Gasteiger partial charge in [-0.3, -0.25) is 4.79 Å². The lowest BCUT2D eigenvalue weighted by molar-refractivity contribution is -0.123. The van der Waals surface area contributed by atoms with Crippen LogP contribution < -0.4 is 9.47 Å². The van der Waals surface area contributed by atoms with E-state index in [2.05, 4.69) is 4.74 Å². The molecule has 0 saturated heterocycles. The Morgan fingerprint density at radius 2 is 2.05 bits per heavy atom. The average Bonchev–Trinajstić information content (AvgIpc) is 2.83. The second-order valence-corrected chi connectivity index (χ2v) is 4.32. The van der Waals surface area contributed by atoms with Crippen LogP contribution in [-0.4, -0.2) is 32.1 Å². The van der Waals surface area contributed by atoms with Gasteiger partial charge in [-0.05, 0) is 31.0 Å². The fourth-order valence-electron chi connectivity index (χ4n) is 2.08. The molecule has 0 spiro atoms. The monoisotopic (exact) mass is 264 g/mol. The van der Waals surface area contributed by atoms with Crippen LogP contribution in [0, 0.1) is 0 Å². The molecule has 1 unspecified atom stereocenters. The first-order chi connectivity index (χ1) is 9.15. The zero-order chi connectivity index (χ0) is 13.8. The molecule has 1 fully saturated rings. The van der Waals surface area contributed by atoms with Crippen molar-refractivity contribution < 1.29 is 23.8 Å². The average molecular weight is 264 g/mol. The van der Waals surface area contributed by atoms with Gasteiger partial charge in [0, 0.05) is 6.42 Å². The molecule has 0 amide bonds. The van der Waals surface area contributed by atoms with E-state index in [0.29, 0.717) is 29.9 Å². The summed E-state index contributed by atoms with van der Waals surface area (Å²) in [5.74, 6) is 0.522. The van der Waals surface area contributed by atoms with Crippen LogP contribution in [0.3, 0.4) is 0 Å². The van der Waals surface area contributed by atoms with Gasteiger partial charge in [-0.2, -0.15) is 0 Å². The predicted molar refractivity (Wildman–Crippen MR) is 67.6 cm³/mol. The van der Waals surface area contributed by atoms with Crippen LogP contribution >= 0.6 is 0 Å². The zero-order valence-corrected chi connectivity index (χ0v) is 11.0. The van der Waals surface area contributed by atoms with E-state index in [9.17, 15) is 9.59 Å². The van der Waals surface area contributed by atoms with Gasteiger partial charge in [0.05, 0.1) is 19.8 Å². The number of hydrogen-bond acceptors (Lipinski definition) is 5. The molecule has 5 heteroatoms. The molecular formula is C14H16O5. The lowest BCUT2D eigenvalue weighted by atomic mass is 10.2. The topological polar surface area (TPSA) is 61.8 Å². The van der Waals surface area contributed by atoms with Crippen LogP contribution in [-0.2, 0) is 9.53 Å². The maximum atomic E-state index is 11.6. The molecule has 0 N–H and O–H groups in total. The maximum Gasteiger partial charge on any atom is 0.337 e. The molecule has 5 nitrogen and oxygen atoms in total. The molecule has 1 aromatic carbocycles. The second-order valence-electron chi connectivity index (χ2n) is 4.32. The van der Waals surface area contributed by atoms with E-state index in [1.807, 2.05) is 0 Å². The van der Waals surface area contributed by atoms with Gasteiger partial charge in [-0.15, -0.1) is 0 Å². The molecule has 1 saturated carbocycles. The van der Waals surface area contributed by atoms with Gasteiger partial charge in [0.15, 0.2) is 23.4 Å². The molecule has 102 valence electrons. The van der Waals surface area contributed by atoms with Gasteiger partial charge in [-0.1, -0.05) is 0 Å². The summed E-state index contributed by atoms with van der Waals surface area (Å²) in [4.78, 5) is 23.1. The number of hydrogen-bond donors (Lipinski definition) is 0. The molecule has 1 atom stereocenters. The Bertz CT molecular complexity index is 495. The summed E-state index contributed by atoms with van der Waals surface area (Å²) in [5.41, 5.74) is 0.365. The maximum absolute atomic E-state index is 11.6. The van der Waals surface area contributed by atoms with Crippen molar-refractivity contribution in [3.8, 4) is 11.5 Å². The lowest BCUT2D eigenvalue weighted by Crippen LogP contribution is -2.21. The summed E-state index contributed by atoms with van der Waals surface area (Å²) in [6, 6.07) is 4.76. The molecule has 0 aromatic heterocycles. The highest BCUT2D eigenvalue weighted by atomic mass is 16.5. The largest absolute Gasteiger partial charge is 0.493 e. The number of esters is 1. The van der Waals surface area contributed by atoms with E-state index in [0.717, 1.165) is 6.42 Å². The third kappa shape index (κ3) is 2.86. The van der Waals surface area contributed by atoms with Crippen molar-refractivity contribution in [3.63, 3.8) is 0 Å². The Kier molecular flexibility index (Phi) is 4.04. The summed E-state index contributed by atoms with van der Waals surface area (Å²) in [5, 5.41) is 0. The Hall–Kier alpha value is -2.04. The molecule has 0 radical (unpaired) electrons. The van der Waals surface area contributed by atoms with Crippen molar-refractivity contribution in [1.29, 1.82) is 0 Å². The highest BCUT2D eigenvalue weighted by Crippen LogP contribution is 2.31. The third-order valence-corrected chi connectivity index (χ3v) is 3.10. The third-order valence-electron chi connectivity index (χ3n) is 3.10. The number of ketones is 1. The van der Waals surface area contributed by atoms with E-state index < -0.39 is 12.1 Å². The van der Waals surface area contributed by atoms with Gasteiger partial charge in [0.2, 0.25) is 0 Å². The van der Waals surface area contributed by atoms with Gasteiger partial charge < -0.3 is 14.2 Å². The van der Waals surface area contributed by atoms with Crippen LogP contribution in [0.25, 0.3) is 0 Å². The van der Waals surface area contributed by atoms with Gasteiger partial charge >= 0.3 is 5.97 Å². The first-order valence-electron chi connectivity index (χ1n) is 6.11. The molecule has 0 bridgehead atoms. The van der Waals surface area contributed by atoms with Crippen molar-refractivity contribution in [2.75, 3.05) is 14.2 Å². The number of benzene rings is 1. The molecular weight excluding hydrogens is 248 g/mol. The highest BCUT2D eigenvalue weighted by molar-refractivity contribution is 5.90. The Balaban J connectivity index is 2.25. The van der Waals surface area contributed by atoms with Crippen molar-refractivity contribution in [3.05, 3.63) is 23.8 Å². The summed E-state index contributed by atoms with van der Waals surface area (Å²) >= 11 is 0. The first-order valence-corrected chi connectivity index (χ1v) is 6.11. The van der Waals surface area contributed by atoms with Crippen molar-refractivity contribution >= 4 is 11.8 Å². The van der Waals surface area contributed by atoms with Gasteiger partial charge in [-0.25, -0.2) is 4.79 Å². The van der Waals surface area contributed by atoms with Crippen molar-refractivity contribution in [1.82, 2.24) is 0 Å². The highest BCUT2D eigenvalue weighted by Gasteiger charge is 2.27. The number of carbonyl (C=O) groups is 2. The number of methoxy groups -OCH3 is 2. The van der Waals surface area contributed by atoms with Gasteiger partial charge in [0.25, 0.3) is 0 Å². The van der Waals surface area contributed by atoms with Crippen LogP contribution in [0.5, 0.6) is 11.5 Å². The van der Waals surface area contributed by atoms with Gasteiger partial charge in [0.1, 0.15) is 0 Å². The van der Waals surface area contributed by atoms with Crippen LogP contribution in [0.2, 0.25) is 0 Å². The normalized spacial score (nSPS) is 18.2. The molecule has 19 heavy (non-hydrogen) atoms. The predicted octanol–water partition coefficient (Wildman–Crippen LogP) is 1.98. The second kappa shape index (κ2) is 5.73. The molecule has 2 rings (SSSR count). The van der Waals surface area contributed by atoms with E-state index in [1.165, 1.54) is 20.3 Å². The molecule has 0 heterocycles. The number of ether oxygens (including phenoxy) is 3. The van der Waals surface area contributed by atoms with Crippen molar-refractivity contribution in [2.24, 2.45) is 0 Å². The van der Waals surface area contributed by atoms with E-state index in [1.54, 1.807) is 12.1 Å². The fourth-order valence-corrected chi connectivity index (χ4v) is 2.08.